The third-order valence-corrected chi connectivity index (χ3v) is 5.25. The monoisotopic (exact) mass is 413 g/mol. The average Bonchev–Trinajstić information content (AvgIpc) is 3.18. The molecule has 158 valence electrons. The van der Waals surface area contributed by atoms with Crippen LogP contribution in [0.1, 0.15) is 6.42 Å². The molecular weight excluding hydrogens is 389 g/mol. The highest BCUT2D eigenvalue weighted by molar-refractivity contribution is 5.94. The summed E-state index contributed by atoms with van der Waals surface area (Å²) in [7, 11) is 0. The first kappa shape index (κ1) is 20.2. The molecule has 0 unspecified atom stereocenters. The number of carbonyl (C=O) groups is 2. The van der Waals surface area contributed by atoms with E-state index in [-0.39, 0.29) is 18.6 Å². The molecule has 30 heavy (non-hydrogen) atoms. The number of hydrogen-bond donors (Lipinski definition) is 1. The molecule has 2 saturated heterocycles. The number of benzene rings is 2. The number of halogens is 1. The van der Waals surface area contributed by atoms with Crippen molar-refractivity contribution >= 4 is 17.6 Å². The number of nitrogens with zero attached hydrogens (tertiary/aromatic N) is 2. The van der Waals surface area contributed by atoms with Gasteiger partial charge in [0.25, 0.3) is 0 Å². The smallest absolute Gasteiger partial charge is 0.322 e. The zero-order chi connectivity index (χ0) is 20.9. The van der Waals surface area contributed by atoms with E-state index in [1.807, 2.05) is 30.3 Å². The molecular formula is C22H24FN3O4. The Hall–Kier alpha value is -3.13. The Balaban J connectivity index is 1.50. The largest absolute Gasteiger partial charge is 0.488 e. The number of urea groups is 1. The number of ether oxygens (including phenoxy) is 2. The molecule has 2 aromatic rings. The molecule has 2 heterocycles. The Morgan fingerprint density at radius 3 is 2.57 bits per heavy atom. The molecule has 3 amide bonds. The summed E-state index contributed by atoms with van der Waals surface area (Å²) in [6.07, 6.45) is 0.0717. The lowest BCUT2D eigenvalue weighted by atomic mass is 10.1. The Kier molecular flexibility index (Phi) is 6.13. The van der Waals surface area contributed by atoms with Gasteiger partial charge in [0.05, 0.1) is 19.8 Å². The minimum atomic E-state index is -0.648. The summed E-state index contributed by atoms with van der Waals surface area (Å²) in [5.41, 5.74) is 0.338. The van der Waals surface area contributed by atoms with Gasteiger partial charge in [-0.2, -0.15) is 0 Å². The lowest BCUT2D eigenvalue weighted by molar-refractivity contribution is -0.139. The van der Waals surface area contributed by atoms with Crippen LogP contribution in [0.4, 0.5) is 14.9 Å². The topological polar surface area (TPSA) is 71.1 Å². The van der Waals surface area contributed by atoms with Crippen LogP contribution in [0.25, 0.3) is 0 Å². The minimum Gasteiger partial charge on any atom is -0.488 e. The predicted molar refractivity (Wildman–Crippen MR) is 109 cm³/mol. The second-order valence-corrected chi connectivity index (χ2v) is 7.33. The number of morpholine rings is 1. The van der Waals surface area contributed by atoms with E-state index in [1.165, 1.54) is 23.1 Å². The molecule has 0 aromatic heterocycles. The summed E-state index contributed by atoms with van der Waals surface area (Å²) in [6.45, 7) is 2.23. The number of rotatable bonds is 4. The molecule has 0 radical (unpaired) electrons. The molecule has 2 atom stereocenters. The van der Waals surface area contributed by atoms with Crippen LogP contribution < -0.4 is 10.1 Å². The minimum absolute atomic E-state index is 0.119. The molecule has 0 spiro atoms. The molecule has 2 aliphatic heterocycles. The molecule has 7 nitrogen and oxygen atoms in total. The Morgan fingerprint density at radius 2 is 1.83 bits per heavy atom. The molecule has 1 N–H and O–H groups in total. The number of para-hydroxylation sites is 1. The second-order valence-electron chi connectivity index (χ2n) is 7.33. The molecule has 2 aliphatic rings. The van der Waals surface area contributed by atoms with Crippen molar-refractivity contribution in [3.8, 4) is 5.75 Å². The molecule has 2 aromatic carbocycles. The van der Waals surface area contributed by atoms with E-state index in [0.717, 1.165) is 0 Å². The Labute approximate surface area is 174 Å². The average molecular weight is 413 g/mol. The van der Waals surface area contributed by atoms with Gasteiger partial charge in [0.15, 0.2) is 0 Å². The van der Waals surface area contributed by atoms with Crippen LogP contribution in [-0.2, 0) is 9.53 Å². The lowest BCUT2D eigenvalue weighted by Crippen LogP contribution is -2.51. The summed E-state index contributed by atoms with van der Waals surface area (Å²) >= 11 is 0. The summed E-state index contributed by atoms with van der Waals surface area (Å²) in [5.74, 6) is 0.125. The maximum Gasteiger partial charge on any atom is 0.322 e. The van der Waals surface area contributed by atoms with E-state index >= 15 is 0 Å². The molecule has 0 bridgehead atoms. The van der Waals surface area contributed by atoms with Gasteiger partial charge in [-0.25, -0.2) is 9.18 Å². The maximum absolute atomic E-state index is 13.5. The van der Waals surface area contributed by atoms with Gasteiger partial charge in [0.1, 0.15) is 23.7 Å². The molecule has 8 heteroatoms. The number of likely N-dealkylation sites (tertiary alicyclic amines) is 1. The van der Waals surface area contributed by atoms with Gasteiger partial charge >= 0.3 is 6.03 Å². The van der Waals surface area contributed by atoms with Crippen LogP contribution in [-0.4, -0.2) is 66.7 Å². The molecule has 2 fully saturated rings. The SMILES string of the molecule is O=C([C@H]1C[C@H](Oc2ccccc2)CN1C(=O)Nc1cccc(F)c1)N1CCOCC1. The zero-order valence-corrected chi connectivity index (χ0v) is 16.5. The van der Waals surface area contributed by atoms with Crippen LogP contribution >= 0.6 is 0 Å². The van der Waals surface area contributed by atoms with Crippen molar-refractivity contribution in [3.63, 3.8) is 0 Å². The third-order valence-electron chi connectivity index (χ3n) is 5.25. The van der Waals surface area contributed by atoms with Crippen molar-refractivity contribution in [2.75, 3.05) is 38.2 Å². The summed E-state index contributed by atoms with van der Waals surface area (Å²) in [5, 5.41) is 2.69. The van der Waals surface area contributed by atoms with E-state index in [1.54, 1.807) is 11.0 Å². The van der Waals surface area contributed by atoms with Gasteiger partial charge in [-0.3, -0.25) is 4.79 Å². The standard InChI is InChI=1S/C22H24FN3O4/c23-16-5-4-6-17(13-16)24-22(28)26-15-19(30-18-7-2-1-3-8-18)14-20(26)21(27)25-9-11-29-12-10-25/h1-8,13,19-20H,9-12,14-15H2,(H,24,28)/t19-,20+/m0/s1. The van der Waals surface area contributed by atoms with Gasteiger partial charge < -0.3 is 24.6 Å². The van der Waals surface area contributed by atoms with Crippen molar-refractivity contribution in [3.05, 3.63) is 60.4 Å². The van der Waals surface area contributed by atoms with E-state index in [0.29, 0.717) is 44.2 Å². The van der Waals surface area contributed by atoms with Crippen LogP contribution in [0, 0.1) is 5.82 Å². The highest BCUT2D eigenvalue weighted by atomic mass is 19.1. The normalized spacial score (nSPS) is 21.4. The van der Waals surface area contributed by atoms with Gasteiger partial charge in [-0.1, -0.05) is 24.3 Å². The van der Waals surface area contributed by atoms with E-state index in [2.05, 4.69) is 5.32 Å². The fourth-order valence-electron chi connectivity index (χ4n) is 3.79. The molecule has 0 saturated carbocycles. The molecule has 0 aliphatic carbocycles. The summed E-state index contributed by atoms with van der Waals surface area (Å²) in [4.78, 5) is 29.3. The summed E-state index contributed by atoms with van der Waals surface area (Å²) < 4.78 is 24.8. The zero-order valence-electron chi connectivity index (χ0n) is 16.5. The fourth-order valence-corrected chi connectivity index (χ4v) is 3.79. The van der Waals surface area contributed by atoms with E-state index in [4.69, 9.17) is 9.47 Å². The fraction of sp³-hybridized carbons (Fsp3) is 0.364. The van der Waals surface area contributed by atoms with Crippen molar-refractivity contribution in [2.24, 2.45) is 0 Å². The highest BCUT2D eigenvalue weighted by Gasteiger charge is 2.42. The number of hydrogen-bond acceptors (Lipinski definition) is 4. The number of nitrogens with one attached hydrogen (secondary N) is 1. The second kappa shape index (κ2) is 9.13. The van der Waals surface area contributed by atoms with Gasteiger partial charge in [-0.15, -0.1) is 0 Å². The first-order valence-electron chi connectivity index (χ1n) is 10.0. The lowest BCUT2D eigenvalue weighted by Gasteiger charge is -2.32. The van der Waals surface area contributed by atoms with Crippen LogP contribution in [0.2, 0.25) is 0 Å². The highest BCUT2D eigenvalue weighted by Crippen LogP contribution is 2.26. The van der Waals surface area contributed by atoms with Crippen molar-refractivity contribution in [1.29, 1.82) is 0 Å². The van der Waals surface area contributed by atoms with Gasteiger partial charge in [0, 0.05) is 25.2 Å². The third kappa shape index (κ3) is 4.71. The van der Waals surface area contributed by atoms with Crippen molar-refractivity contribution < 1.29 is 23.5 Å². The van der Waals surface area contributed by atoms with Gasteiger partial charge in [0.2, 0.25) is 5.91 Å². The van der Waals surface area contributed by atoms with Crippen LogP contribution in [0.3, 0.4) is 0 Å². The van der Waals surface area contributed by atoms with Crippen LogP contribution in [0.15, 0.2) is 54.6 Å². The quantitative estimate of drug-likeness (QED) is 0.837. The number of amides is 3. The summed E-state index contributed by atoms with van der Waals surface area (Å²) in [6, 6.07) is 13.9. The van der Waals surface area contributed by atoms with Crippen molar-refractivity contribution in [1.82, 2.24) is 9.80 Å². The first-order valence-corrected chi connectivity index (χ1v) is 10.0. The maximum atomic E-state index is 13.5. The predicted octanol–water partition coefficient (Wildman–Crippen LogP) is 2.74. The molecule has 4 rings (SSSR count). The Morgan fingerprint density at radius 1 is 1.07 bits per heavy atom. The van der Waals surface area contributed by atoms with Crippen molar-refractivity contribution in [2.45, 2.75) is 18.6 Å². The van der Waals surface area contributed by atoms with Crippen LogP contribution in [0.5, 0.6) is 5.75 Å². The number of carbonyl (C=O) groups excluding carboxylic acids is 2. The number of anilines is 1. The van der Waals surface area contributed by atoms with Gasteiger partial charge in [-0.05, 0) is 30.3 Å². The first-order chi connectivity index (χ1) is 14.6. The van der Waals surface area contributed by atoms with E-state index < -0.39 is 17.9 Å². The Bertz CT molecular complexity index is 889. The van der Waals surface area contributed by atoms with E-state index in [9.17, 15) is 14.0 Å².